The van der Waals surface area contributed by atoms with Crippen molar-refractivity contribution in [2.75, 3.05) is 27.2 Å². The molecule has 0 bridgehead atoms. The highest BCUT2D eigenvalue weighted by Crippen LogP contribution is 2.23. The molecule has 138 valence electrons. The number of aromatic amines is 1. The smallest absolute Gasteiger partial charge is 0.258 e. The zero-order chi connectivity index (χ0) is 19.0. The molecule has 27 heavy (non-hydrogen) atoms. The van der Waals surface area contributed by atoms with Crippen molar-refractivity contribution in [2.24, 2.45) is 0 Å². The molecule has 0 spiro atoms. The van der Waals surface area contributed by atoms with Gasteiger partial charge in [0.05, 0.1) is 17.2 Å². The van der Waals surface area contributed by atoms with E-state index in [1.54, 1.807) is 0 Å². The number of likely N-dealkylation sites (N-methyl/N-ethyl adjacent to an activating group) is 1. The molecule has 1 aliphatic rings. The number of H-pyrrole nitrogens is 1. The van der Waals surface area contributed by atoms with Crippen molar-refractivity contribution in [2.45, 2.75) is 12.5 Å². The van der Waals surface area contributed by atoms with Crippen molar-refractivity contribution >= 4 is 16.8 Å². The average molecular weight is 362 g/mol. The highest BCUT2D eigenvalue weighted by Gasteiger charge is 2.27. The van der Waals surface area contributed by atoms with Gasteiger partial charge in [-0.3, -0.25) is 9.59 Å². The SMILES string of the molecule is CN(C)C1CCN(C(=O)c2ccc(-c3ccc4nc[nH]c(=O)c4c3)cc2)C1. The first-order chi connectivity index (χ1) is 13.0. The first kappa shape index (κ1) is 17.4. The minimum atomic E-state index is -0.155. The van der Waals surface area contributed by atoms with Crippen LogP contribution >= 0.6 is 0 Å². The molecule has 0 saturated carbocycles. The van der Waals surface area contributed by atoms with E-state index in [0.29, 0.717) is 22.5 Å². The molecule has 2 aromatic carbocycles. The first-order valence-electron chi connectivity index (χ1n) is 9.06. The number of nitrogens with zero attached hydrogens (tertiary/aromatic N) is 3. The molecule has 1 atom stereocenters. The van der Waals surface area contributed by atoms with Crippen LogP contribution in [0.25, 0.3) is 22.0 Å². The lowest BCUT2D eigenvalue weighted by molar-refractivity contribution is 0.0783. The van der Waals surface area contributed by atoms with Crippen LogP contribution in [0.15, 0.2) is 53.6 Å². The summed E-state index contributed by atoms with van der Waals surface area (Å²) in [5.74, 6) is 0.0741. The highest BCUT2D eigenvalue weighted by molar-refractivity contribution is 5.95. The van der Waals surface area contributed by atoms with Gasteiger partial charge in [-0.25, -0.2) is 4.98 Å². The van der Waals surface area contributed by atoms with Gasteiger partial charge in [0.1, 0.15) is 0 Å². The maximum atomic E-state index is 12.7. The number of benzene rings is 2. The van der Waals surface area contributed by atoms with Gasteiger partial charge in [-0.05, 0) is 55.9 Å². The summed E-state index contributed by atoms with van der Waals surface area (Å²) < 4.78 is 0. The van der Waals surface area contributed by atoms with Gasteiger partial charge in [-0.2, -0.15) is 0 Å². The predicted molar refractivity (Wildman–Crippen MR) is 106 cm³/mol. The van der Waals surface area contributed by atoms with Gasteiger partial charge in [0.2, 0.25) is 0 Å². The summed E-state index contributed by atoms with van der Waals surface area (Å²) in [6.45, 7) is 1.57. The number of likely N-dealkylation sites (tertiary alicyclic amines) is 1. The Hall–Kier alpha value is -2.99. The zero-order valence-corrected chi connectivity index (χ0v) is 15.5. The van der Waals surface area contributed by atoms with Crippen LogP contribution in [0.2, 0.25) is 0 Å². The molecular weight excluding hydrogens is 340 g/mol. The summed E-state index contributed by atoms with van der Waals surface area (Å²) in [6, 6.07) is 13.6. The third-order valence-corrected chi connectivity index (χ3v) is 5.29. The molecule has 0 radical (unpaired) electrons. The van der Waals surface area contributed by atoms with E-state index >= 15 is 0 Å². The molecule has 1 aromatic heterocycles. The van der Waals surface area contributed by atoms with E-state index in [1.165, 1.54) is 6.33 Å². The monoisotopic (exact) mass is 362 g/mol. The van der Waals surface area contributed by atoms with Crippen LogP contribution in [0, 0.1) is 0 Å². The van der Waals surface area contributed by atoms with Gasteiger partial charge in [0.15, 0.2) is 0 Å². The second-order valence-corrected chi connectivity index (χ2v) is 7.20. The quantitative estimate of drug-likeness (QED) is 0.777. The Balaban J connectivity index is 1.57. The highest BCUT2D eigenvalue weighted by atomic mass is 16.2. The lowest BCUT2D eigenvalue weighted by Crippen LogP contribution is -2.34. The maximum Gasteiger partial charge on any atom is 0.258 e. The van der Waals surface area contributed by atoms with Gasteiger partial charge in [-0.15, -0.1) is 0 Å². The fourth-order valence-corrected chi connectivity index (χ4v) is 3.58. The van der Waals surface area contributed by atoms with E-state index in [-0.39, 0.29) is 11.5 Å². The number of carbonyl (C=O) groups is 1. The van der Waals surface area contributed by atoms with E-state index in [1.807, 2.05) is 47.4 Å². The molecule has 2 heterocycles. The number of carbonyl (C=O) groups excluding carboxylic acids is 1. The van der Waals surface area contributed by atoms with Crippen LogP contribution in [0.4, 0.5) is 0 Å². The summed E-state index contributed by atoms with van der Waals surface area (Å²) in [6.07, 6.45) is 2.42. The van der Waals surface area contributed by atoms with Crippen LogP contribution in [0.5, 0.6) is 0 Å². The number of amides is 1. The van der Waals surface area contributed by atoms with Crippen molar-refractivity contribution in [3.63, 3.8) is 0 Å². The maximum absolute atomic E-state index is 12.7. The third kappa shape index (κ3) is 3.36. The Labute approximate surface area is 157 Å². The van der Waals surface area contributed by atoms with E-state index < -0.39 is 0 Å². The molecule has 3 aromatic rings. The molecule has 1 unspecified atom stereocenters. The van der Waals surface area contributed by atoms with Gasteiger partial charge in [0.25, 0.3) is 11.5 Å². The summed E-state index contributed by atoms with van der Waals surface area (Å²) in [7, 11) is 4.11. The van der Waals surface area contributed by atoms with Crippen LogP contribution in [-0.4, -0.2) is 58.9 Å². The average Bonchev–Trinajstić information content (AvgIpc) is 3.18. The molecule has 6 nitrogen and oxygen atoms in total. The fourth-order valence-electron chi connectivity index (χ4n) is 3.58. The Morgan fingerprint density at radius 3 is 2.59 bits per heavy atom. The molecule has 1 saturated heterocycles. The fraction of sp³-hybridized carbons (Fsp3) is 0.286. The van der Waals surface area contributed by atoms with Crippen molar-refractivity contribution in [1.82, 2.24) is 19.8 Å². The number of hydrogen-bond donors (Lipinski definition) is 1. The molecule has 6 heteroatoms. The number of fused-ring (bicyclic) bond motifs is 1. The van der Waals surface area contributed by atoms with Crippen LogP contribution in [-0.2, 0) is 0 Å². The molecule has 4 rings (SSSR count). The second kappa shape index (κ2) is 6.96. The van der Waals surface area contributed by atoms with Gasteiger partial charge >= 0.3 is 0 Å². The molecule has 1 amide bonds. The minimum Gasteiger partial charge on any atom is -0.337 e. The number of nitrogens with one attached hydrogen (secondary N) is 1. The van der Waals surface area contributed by atoms with Crippen molar-refractivity contribution in [1.29, 1.82) is 0 Å². The van der Waals surface area contributed by atoms with Gasteiger partial charge in [-0.1, -0.05) is 18.2 Å². The largest absolute Gasteiger partial charge is 0.337 e. The lowest BCUT2D eigenvalue weighted by Gasteiger charge is -2.20. The molecule has 0 aliphatic carbocycles. The molecule has 1 N–H and O–H groups in total. The van der Waals surface area contributed by atoms with Crippen molar-refractivity contribution < 1.29 is 4.79 Å². The van der Waals surface area contributed by atoms with Crippen LogP contribution in [0.1, 0.15) is 16.8 Å². The third-order valence-electron chi connectivity index (χ3n) is 5.29. The van der Waals surface area contributed by atoms with Crippen molar-refractivity contribution in [3.8, 4) is 11.1 Å². The molecular formula is C21H22N4O2. The second-order valence-electron chi connectivity index (χ2n) is 7.20. The number of hydrogen-bond acceptors (Lipinski definition) is 4. The van der Waals surface area contributed by atoms with E-state index in [4.69, 9.17) is 0 Å². The zero-order valence-electron chi connectivity index (χ0n) is 15.5. The van der Waals surface area contributed by atoms with Gasteiger partial charge < -0.3 is 14.8 Å². The van der Waals surface area contributed by atoms with Crippen LogP contribution in [0.3, 0.4) is 0 Å². The predicted octanol–water partition coefficient (Wildman–Crippen LogP) is 2.37. The van der Waals surface area contributed by atoms with Crippen LogP contribution < -0.4 is 5.56 Å². The van der Waals surface area contributed by atoms with E-state index in [9.17, 15) is 9.59 Å². The molecule has 1 fully saturated rings. The summed E-state index contributed by atoms with van der Waals surface area (Å²) in [5, 5.41) is 0.557. The molecule has 1 aliphatic heterocycles. The number of rotatable bonds is 3. The Kier molecular flexibility index (Phi) is 4.49. The summed E-state index contributed by atoms with van der Waals surface area (Å²) in [4.78, 5) is 35.6. The standard InChI is InChI=1S/C21H22N4O2/c1-24(2)17-9-10-25(12-17)21(27)15-5-3-14(4-6-15)16-7-8-19-18(11-16)20(26)23-13-22-19/h3-8,11,13,17H,9-10,12H2,1-2H3,(H,22,23,26). The normalized spacial score (nSPS) is 17.0. The number of aromatic nitrogens is 2. The van der Waals surface area contributed by atoms with Gasteiger partial charge in [0, 0.05) is 24.7 Å². The Bertz CT molecular complexity index is 1040. The summed E-state index contributed by atoms with van der Waals surface area (Å²) in [5.41, 5.74) is 3.09. The lowest BCUT2D eigenvalue weighted by atomic mass is 10.0. The topological polar surface area (TPSA) is 69.3 Å². The van der Waals surface area contributed by atoms with E-state index in [0.717, 1.165) is 30.6 Å². The van der Waals surface area contributed by atoms with E-state index in [2.05, 4.69) is 29.0 Å². The summed E-state index contributed by atoms with van der Waals surface area (Å²) >= 11 is 0. The Morgan fingerprint density at radius 2 is 1.89 bits per heavy atom. The Morgan fingerprint density at radius 1 is 1.15 bits per heavy atom. The first-order valence-corrected chi connectivity index (χ1v) is 9.06. The van der Waals surface area contributed by atoms with Crippen molar-refractivity contribution in [3.05, 3.63) is 64.7 Å². The minimum absolute atomic E-state index is 0.0741.